The molecular weight excluding hydrogens is 320 g/mol. The highest BCUT2D eigenvalue weighted by atomic mass is 16.5. The third-order valence-corrected chi connectivity index (χ3v) is 4.51. The van der Waals surface area contributed by atoms with Crippen LogP contribution in [0.3, 0.4) is 0 Å². The van der Waals surface area contributed by atoms with E-state index in [0.717, 1.165) is 42.9 Å². The van der Waals surface area contributed by atoms with E-state index in [2.05, 4.69) is 15.2 Å². The molecule has 1 fully saturated rings. The maximum absolute atomic E-state index is 11.0. The molecule has 0 aliphatic carbocycles. The quantitative estimate of drug-likeness (QED) is 0.839. The van der Waals surface area contributed by atoms with Crippen LogP contribution in [0, 0.1) is 0 Å². The maximum Gasteiger partial charge on any atom is 0.312 e. The molecule has 0 spiro atoms. The van der Waals surface area contributed by atoms with Crippen LogP contribution in [-0.2, 0) is 6.54 Å². The Bertz CT molecular complexity index is 716. The number of primary amides is 1. The van der Waals surface area contributed by atoms with Crippen LogP contribution < -0.4 is 15.8 Å². The van der Waals surface area contributed by atoms with Gasteiger partial charge in [0.15, 0.2) is 5.76 Å². The van der Waals surface area contributed by atoms with Crippen LogP contribution in [0.5, 0.6) is 5.75 Å². The standard InChI is InChI=1S/C18H24N4O3/c1-24-15-7-4-5-13(9-15)16-11-20-17(25-16)12-22-8-3-2-6-14(22)10-21-18(19)23/h4-5,7,9,11,14H,2-3,6,8,10,12H2,1H3,(H3,19,21,23)/t14-/m0/s1. The van der Waals surface area contributed by atoms with Crippen molar-refractivity contribution in [2.45, 2.75) is 31.8 Å². The van der Waals surface area contributed by atoms with Crippen molar-refractivity contribution in [3.05, 3.63) is 36.4 Å². The molecule has 0 bridgehead atoms. The number of nitrogens with two attached hydrogens (primary N) is 1. The number of amides is 2. The molecule has 2 amide bonds. The summed E-state index contributed by atoms with van der Waals surface area (Å²) in [4.78, 5) is 17.7. The van der Waals surface area contributed by atoms with Gasteiger partial charge in [0.05, 0.1) is 19.9 Å². The summed E-state index contributed by atoms with van der Waals surface area (Å²) in [5.74, 6) is 2.17. The molecule has 25 heavy (non-hydrogen) atoms. The van der Waals surface area contributed by atoms with Crippen molar-refractivity contribution in [3.63, 3.8) is 0 Å². The molecule has 1 atom stereocenters. The second kappa shape index (κ2) is 8.02. The molecule has 3 rings (SSSR count). The largest absolute Gasteiger partial charge is 0.497 e. The zero-order valence-corrected chi connectivity index (χ0v) is 14.4. The Morgan fingerprint density at radius 2 is 2.36 bits per heavy atom. The van der Waals surface area contributed by atoms with E-state index in [4.69, 9.17) is 14.9 Å². The number of nitrogens with zero attached hydrogens (tertiary/aromatic N) is 2. The van der Waals surface area contributed by atoms with Gasteiger partial charge in [0, 0.05) is 18.2 Å². The predicted octanol–water partition coefficient (Wildman–Crippen LogP) is 2.37. The Morgan fingerprint density at radius 1 is 1.48 bits per heavy atom. The first-order valence-electron chi connectivity index (χ1n) is 8.52. The lowest BCUT2D eigenvalue weighted by Crippen LogP contribution is -2.47. The van der Waals surface area contributed by atoms with Crippen LogP contribution in [0.4, 0.5) is 4.79 Å². The number of aromatic nitrogens is 1. The van der Waals surface area contributed by atoms with E-state index in [1.54, 1.807) is 13.3 Å². The molecular formula is C18H24N4O3. The number of hydrogen-bond donors (Lipinski definition) is 2. The van der Waals surface area contributed by atoms with E-state index in [1.807, 2.05) is 24.3 Å². The fraction of sp³-hybridized carbons (Fsp3) is 0.444. The number of urea groups is 1. The molecule has 2 aromatic rings. The van der Waals surface area contributed by atoms with E-state index in [-0.39, 0.29) is 6.04 Å². The minimum Gasteiger partial charge on any atom is -0.497 e. The van der Waals surface area contributed by atoms with Gasteiger partial charge in [-0.25, -0.2) is 9.78 Å². The minimum atomic E-state index is -0.484. The number of piperidine rings is 1. The van der Waals surface area contributed by atoms with Gasteiger partial charge in [-0.05, 0) is 31.5 Å². The number of benzene rings is 1. The van der Waals surface area contributed by atoms with Crippen LogP contribution in [-0.4, -0.2) is 42.2 Å². The Balaban J connectivity index is 1.67. The molecule has 1 saturated heterocycles. The number of carbonyl (C=O) groups is 1. The zero-order valence-electron chi connectivity index (χ0n) is 14.4. The van der Waals surface area contributed by atoms with E-state index < -0.39 is 6.03 Å². The molecule has 7 nitrogen and oxygen atoms in total. The Morgan fingerprint density at radius 3 is 3.16 bits per heavy atom. The number of nitrogens with one attached hydrogen (secondary N) is 1. The highest BCUT2D eigenvalue weighted by Gasteiger charge is 2.24. The lowest BCUT2D eigenvalue weighted by molar-refractivity contribution is 0.127. The SMILES string of the molecule is COc1cccc(-c2cnc(CN3CCCC[C@H]3CNC(N)=O)o2)c1. The summed E-state index contributed by atoms with van der Waals surface area (Å²) in [6, 6.07) is 7.48. The van der Waals surface area contributed by atoms with Gasteiger partial charge in [-0.2, -0.15) is 0 Å². The number of oxazole rings is 1. The van der Waals surface area contributed by atoms with Crippen LogP contribution in [0.25, 0.3) is 11.3 Å². The maximum atomic E-state index is 11.0. The van der Waals surface area contributed by atoms with Crippen molar-refractivity contribution in [1.82, 2.24) is 15.2 Å². The smallest absolute Gasteiger partial charge is 0.312 e. The summed E-state index contributed by atoms with van der Waals surface area (Å²) >= 11 is 0. The van der Waals surface area contributed by atoms with Crippen LogP contribution in [0.1, 0.15) is 25.2 Å². The van der Waals surface area contributed by atoms with Gasteiger partial charge < -0.3 is 20.2 Å². The lowest BCUT2D eigenvalue weighted by Gasteiger charge is -2.34. The summed E-state index contributed by atoms with van der Waals surface area (Å²) in [5.41, 5.74) is 6.12. The van der Waals surface area contributed by atoms with E-state index in [9.17, 15) is 4.79 Å². The van der Waals surface area contributed by atoms with Crippen molar-refractivity contribution in [2.24, 2.45) is 5.73 Å². The molecule has 1 aromatic heterocycles. The number of hydrogen-bond acceptors (Lipinski definition) is 5. The molecule has 0 unspecified atom stereocenters. The normalized spacial score (nSPS) is 18.0. The fourth-order valence-corrected chi connectivity index (χ4v) is 3.18. The van der Waals surface area contributed by atoms with E-state index in [1.165, 1.54) is 0 Å². The molecule has 7 heteroatoms. The Hall–Kier alpha value is -2.54. The number of likely N-dealkylation sites (tertiary alicyclic amines) is 1. The first kappa shape index (κ1) is 17.3. The van der Waals surface area contributed by atoms with Gasteiger partial charge in [0.25, 0.3) is 0 Å². The zero-order chi connectivity index (χ0) is 17.6. The summed E-state index contributed by atoms with van der Waals surface area (Å²) in [6.45, 7) is 2.13. The molecule has 0 saturated carbocycles. The highest BCUT2D eigenvalue weighted by Crippen LogP contribution is 2.26. The van der Waals surface area contributed by atoms with Gasteiger partial charge in [0.1, 0.15) is 5.75 Å². The van der Waals surface area contributed by atoms with Crippen LogP contribution in [0.15, 0.2) is 34.9 Å². The third kappa shape index (κ3) is 4.51. The summed E-state index contributed by atoms with van der Waals surface area (Å²) in [5, 5.41) is 2.71. The molecule has 0 radical (unpaired) electrons. The first-order chi connectivity index (χ1) is 12.2. The number of rotatable bonds is 6. The van der Waals surface area contributed by atoms with Crippen molar-refractivity contribution in [2.75, 3.05) is 20.2 Å². The Kier molecular flexibility index (Phi) is 5.55. The summed E-state index contributed by atoms with van der Waals surface area (Å²) in [6.07, 6.45) is 5.06. The average Bonchev–Trinajstić information content (AvgIpc) is 3.09. The van der Waals surface area contributed by atoms with E-state index in [0.29, 0.717) is 19.0 Å². The third-order valence-electron chi connectivity index (χ3n) is 4.51. The molecule has 1 aliphatic heterocycles. The number of carbonyl (C=O) groups excluding carboxylic acids is 1. The molecule has 3 N–H and O–H groups in total. The number of ether oxygens (including phenoxy) is 1. The summed E-state index contributed by atoms with van der Waals surface area (Å²) < 4.78 is 11.2. The second-order valence-corrected chi connectivity index (χ2v) is 6.22. The second-order valence-electron chi connectivity index (χ2n) is 6.22. The molecule has 134 valence electrons. The average molecular weight is 344 g/mol. The van der Waals surface area contributed by atoms with Crippen molar-refractivity contribution in [3.8, 4) is 17.1 Å². The number of methoxy groups -OCH3 is 1. The monoisotopic (exact) mass is 344 g/mol. The summed E-state index contributed by atoms with van der Waals surface area (Å²) in [7, 11) is 1.64. The predicted molar refractivity (Wildman–Crippen MR) is 94.1 cm³/mol. The fourth-order valence-electron chi connectivity index (χ4n) is 3.18. The van der Waals surface area contributed by atoms with Gasteiger partial charge in [-0.1, -0.05) is 18.6 Å². The first-order valence-corrected chi connectivity index (χ1v) is 8.52. The molecule has 2 heterocycles. The van der Waals surface area contributed by atoms with Gasteiger partial charge in [-0.3, -0.25) is 4.90 Å². The van der Waals surface area contributed by atoms with E-state index >= 15 is 0 Å². The van der Waals surface area contributed by atoms with Crippen molar-refractivity contribution in [1.29, 1.82) is 0 Å². The van der Waals surface area contributed by atoms with Crippen LogP contribution >= 0.6 is 0 Å². The molecule has 1 aromatic carbocycles. The highest BCUT2D eigenvalue weighted by molar-refractivity contribution is 5.71. The Labute approximate surface area is 147 Å². The molecule has 1 aliphatic rings. The minimum absolute atomic E-state index is 0.258. The van der Waals surface area contributed by atoms with Gasteiger partial charge in [0.2, 0.25) is 5.89 Å². The van der Waals surface area contributed by atoms with Crippen LogP contribution in [0.2, 0.25) is 0 Å². The topological polar surface area (TPSA) is 93.6 Å². The van der Waals surface area contributed by atoms with Crippen molar-refractivity contribution < 1.29 is 13.9 Å². The van der Waals surface area contributed by atoms with Gasteiger partial charge in [-0.15, -0.1) is 0 Å². The van der Waals surface area contributed by atoms with Gasteiger partial charge >= 0.3 is 6.03 Å². The lowest BCUT2D eigenvalue weighted by atomic mass is 10.0. The van der Waals surface area contributed by atoms with Crippen molar-refractivity contribution >= 4 is 6.03 Å².